The minimum Gasteiger partial charge on any atom is -0.305 e. The topological polar surface area (TPSA) is 153 Å². The summed E-state index contributed by atoms with van der Waals surface area (Å²) in [6.45, 7) is 4.89. The molecular formula is C18H14N10. The summed E-state index contributed by atoms with van der Waals surface area (Å²) in [6.07, 6.45) is 1.44. The Morgan fingerprint density at radius 1 is 0.571 bits per heavy atom. The molecule has 0 fully saturated rings. The first-order chi connectivity index (χ1) is 13.6. The van der Waals surface area contributed by atoms with Crippen LogP contribution in [0.3, 0.4) is 0 Å². The Labute approximate surface area is 161 Å². The van der Waals surface area contributed by atoms with Crippen LogP contribution in [-0.2, 0) is 0 Å². The molecule has 0 atom stereocenters. The van der Waals surface area contributed by atoms with E-state index in [1.54, 1.807) is 9.80 Å². The van der Waals surface area contributed by atoms with Gasteiger partial charge in [0.25, 0.3) is 0 Å². The summed E-state index contributed by atoms with van der Waals surface area (Å²) in [6, 6.07) is 7.59. The van der Waals surface area contributed by atoms with Crippen LogP contribution in [0, 0.1) is 45.3 Å². The van der Waals surface area contributed by atoms with E-state index in [0.717, 1.165) is 12.8 Å². The molecule has 10 nitrogen and oxygen atoms in total. The van der Waals surface area contributed by atoms with Gasteiger partial charge >= 0.3 is 0 Å². The van der Waals surface area contributed by atoms with Crippen molar-refractivity contribution < 1.29 is 0 Å². The van der Waals surface area contributed by atoms with Crippen molar-refractivity contribution in [2.24, 2.45) is 0 Å². The van der Waals surface area contributed by atoms with Gasteiger partial charge in [-0.25, -0.2) is 19.9 Å². The summed E-state index contributed by atoms with van der Waals surface area (Å²) in [4.78, 5) is 20.9. The molecule has 0 aliphatic carbocycles. The molecule has 3 heterocycles. The molecule has 0 saturated carbocycles. The molecule has 0 unspecified atom stereocenters. The van der Waals surface area contributed by atoms with E-state index in [1.807, 2.05) is 38.1 Å². The van der Waals surface area contributed by atoms with Crippen molar-refractivity contribution in [2.45, 2.75) is 26.7 Å². The highest BCUT2D eigenvalue weighted by molar-refractivity contribution is 5.86. The Bertz CT molecular complexity index is 938. The second-order valence-electron chi connectivity index (χ2n) is 5.89. The third-order valence-corrected chi connectivity index (χ3v) is 4.06. The van der Waals surface area contributed by atoms with E-state index >= 15 is 0 Å². The molecule has 2 aromatic rings. The molecule has 0 saturated heterocycles. The minimum atomic E-state index is -0.0793. The highest BCUT2D eigenvalue weighted by Gasteiger charge is 2.35. The van der Waals surface area contributed by atoms with Crippen LogP contribution in [0.25, 0.3) is 0 Å². The molecule has 0 spiro atoms. The van der Waals surface area contributed by atoms with Crippen LogP contribution >= 0.6 is 0 Å². The predicted octanol–water partition coefficient (Wildman–Crippen LogP) is 2.16. The molecule has 28 heavy (non-hydrogen) atoms. The quantitative estimate of drug-likeness (QED) is 0.782. The lowest BCUT2D eigenvalue weighted by atomic mass is 10.2. The Kier molecular flexibility index (Phi) is 4.98. The largest absolute Gasteiger partial charge is 0.305 e. The number of hydrogen-bond donors (Lipinski definition) is 0. The predicted molar refractivity (Wildman–Crippen MR) is 97.5 cm³/mol. The maximum atomic E-state index is 9.34. The number of hydrogen-bond acceptors (Lipinski definition) is 10. The van der Waals surface area contributed by atoms with Crippen LogP contribution in [0.15, 0.2) is 0 Å². The first-order valence-corrected chi connectivity index (χ1v) is 8.62. The lowest BCUT2D eigenvalue weighted by Gasteiger charge is -2.36. The third kappa shape index (κ3) is 2.80. The zero-order chi connectivity index (χ0) is 20.3. The van der Waals surface area contributed by atoms with Crippen molar-refractivity contribution in [3.63, 3.8) is 0 Å². The third-order valence-electron chi connectivity index (χ3n) is 4.06. The summed E-state index contributed by atoms with van der Waals surface area (Å²) in [7, 11) is 0. The van der Waals surface area contributed by atoms with Gasteiger partial charge in [0.15, 0.2) is 46.0 Å². The van der Waals surface area contributed by atoms with Crippen molar-refractivity contribution in [3.05, 3.63) is 22.8 Å². The highest BCUT2D eigenvalue weighted by Crippen LogP contribution is 2.44. The summed E-state index contributed by atoms with van der Waals surface area (Å²) < 4.78 is 0. The fourth-order valence-corrected chi connectivity index (χ4v) is 2.94. The molecule has 0 amide bonds. The highest BCUT2D eigenvalue weighted by atomic mass is 15.4. The average molecular weight is 370 g/mol. The maximum absolute atomic E-state index is 9.34. The number of nitriles is 4. The summed E-state index contributed by atoms with van der Waals surface area (Å²) in [5, 5.41) is 37.4. The fourth-order valence-electron chi connectivity index (χ4n) is 2.94. The van der Waals surface area contributed by atoms with Gasteiger partial charge in [0, 0.05) is 13.1 Å². The second kappa shape index (κ2) is 7.53. The smallest absolute Gasteiger partial charge is 0.179 e. The lowest BCUT2D eigenvalue weighted by molar-refractivity contribution is 0.785. The number of anilines is 4. The van der Waals surface area contributed by atoms with Gasteiger partial charge in [-0.1, -0.05) is 13.8 Å². The molecule has 1 aliphatic heterocycles. The van der Waals surface area contributed by atoms with Gasteiger partial charge in [-0.2, -0.15) is 21.0 Å². The molecule has 3 rings (SSSR count). The minimum absolute atomic E-state index is 0.0793. The summed E-state index contributed by atoms with van der Waals surface area (Å²) in [5.41, 5.74) is -0.317. The molecule has 10 heteroatoms. The van der Waals surface area contributed by atoms with E-state index in [1.165, 1.54) is 0 Å². The molecular weight excluding hydrogens is 356 g/mol. The SMILES string of the molecule is CCCN1c2nc(C#N)c(C#N)nc2N(CCC)c2nc(C#N)c(C#N)nc21. The molecule has 1 aliphatic rings. The number of rotatable bonds is 4. The average Bonchev–Trinajstić information content (AvgIpc) is 2.73. The van der Waals surface area contributed by atoms with Crippen molar-refractivity contribution >= 4 is 23.3 Å². The lowest BCUT2D eigenvalue weighted by Crippen LogP contribution is -2.34. The molecule has 0 aromatic carbocycles. The van der Waals surface area contributed by atoms with Crippen LogP contribution in [0.1, 0.15) is 49.5 Å². The number of aromatic nitrogens is 4. The van der Waals surface area contributed by atoms with Gasteiger partial charge in [-0.05, 0) is 12.8 Å². The number of nitrogens with zero attached hydrogens (tertiary/aromatic N) is 10. The first-order valence-electron chi connectivity index (χ1n) is 8.62. The maximum Gasteiger partial charge on any atom is 0.179 e. The van der Waals surface area contributed by atoms with Crippen molar-refractivity contribution in [3.8, 4) is 24.3 Å². The van der Waals surface area contributed by atoms with E-state index in [2.05, 4.69) is 19.9 Å². The summed E-state index contributed by atoms with van der Waals surface area (Å²) in [5.74, 6) is 1.50. The Hall–Kier alpha value is -4.28. The van der Waals surface area contributed by atoms with Gasteiger partial charge in [-0.3, -0.25) is 0 Å². The van der Waals surface area contributed by atoms with Gasteiger partial charge in [0.05, 0.1) is 0 Å². The van der Waals surface area contributed by atoms with E-state index in [0.29, 0.717) is 36.4 Å². The zero-order valence-corrected chi connectivity index (χ0v) is 15.3. The monoisotopic (exact) mass is 370 g/mol. The number of fused-ring (bicyclic) bond motifs is 2. The Morgan fingerprint density at radius 3 is 1.00 bits per heavy atom. The molecule has 136 valence electrons. The van der Waals surface area contributed by atoms with E-state index < -0.39 is 0 Å². The van der Waals surface area contributed by atoms with E-state index in [4.69, 9.17) is 0 Å². The van der Waals surface area contributed by atoms with E-state index in [9.17, 15) is 21.0 Å². The van der Waals surface area contributed by atoms with Gasteiger partial charge in [0.2, 0.25) is 0 Å². The van der Waals surface area contributed by atoms with Gasteiger partial charge in [-0.15, -0.1) is 0 Å². The van der Waals surface area contributed by atoms with Crippen molar-refractivity contribution in [1.29, 1.82) is 21.0 Å². The molecule has 2 aromatic heterocycles. The first kappa shape index (κ1) is 18.5. The normalized spacial score (nSPS) is 11.5. The van der Waals surface area contributed by atoms with Gasteiger partial charge in [0.1, 0.15) is 24.3 Å². The van der Waals surface area contributed by atoms with Crippen LogP contribution in [0.4, 0.5) is 23.3 Å². The van der Waals surface area contributed by atoms with Crippen molar-refractivity contribution in [1.82, 2.24) is 19.9 Å². The van der Waals surface area contributed by atoms with Crippen LogP contribution in [-0.4, -0.2) is 33.0 Å². The van der Waals surface area contributed by atoms with Crippen molar-refractivity contribution in [2.75, 3.05) is 22.9 Å². The Morgan fingerprint density at radius 2 is 0.821 bits per heavy atom. The molecule has 0 bridgehead atoms. The van der Waals surface area contributed by atoms with Gasteiger partial charge < -0.3 is 9.80 Å². The van der Waals surface area contributed by atoms with Crippen LogP contribution in [0.2, 0.25) is 0 Å². The standard InChI is InChI=1S/C18H14N10/c1-3-5-27-15-17(25-13(9-21)11(7-19)23-15)28(6-4-2)18-16(27)24-12(8-20)14(10-22)26-18/h3-6H2,1-2H3. The van der Waals surface area contributed by atoms with Crippen LogP contribution < -0.4 is 9.80 Å². The van der Waals surface area contributed by atoms with Crippen LogP contribution in [0.5, 0.6) is 0 Å². The Balaban J connectivity index is 2.37. The fraction of sp³-hybridized carbons (Fsp3) is 0.333. The zero-order valence-electron chi connectivity index (χ0n) is 15.3. The molecule has 0 radical (unpaired) electrons. The second-order valence-corrected chi connectivity index (χ2v) is 5.89. The molecule has 0 N–H and O–H groups in total. The summed E-state index contributed by atoms with van der Waals surface area (Å²) >= 11 is 0. The van der Waals surface area contributed by atoms with E-state index in [-0.39, 0.29) is 22.8 Å².